The van der Waals surface area contributed by atoms with E-state index >= 15 is 0 Å². The van der Waals surface area contributed by atoms with E-state index in [9.17, 15) is 4.79 Å². The second-order valence-electron chi connectivity index (χ2n) is 8.13. The Morgan fingerprint density at radius 3 is 2.50 bits per heavy atom. The Hall–Kier alpha value is -2.15. The van der Waals surface area contributed by atoms with Gasteiger partial charge in [-0.15, -0.1) is 0 Å². The summed E-state index contributed by atoms with van der Waals surface area (Å²) in [6.45, 7) is 8.31. The first-order chi connectivity index (χ1) is 13.3. The Morgan fingerprint density at radius 1 is 1.18 bits per heavy atom. The van der Waals surface area contributed by atoms with Crippen molar-refractivity contribution in [3.63, 3.8) is 0 Å². The Labute approximate surface area is 166 Å². The molecule has 0 bridgehead atoms. The SMILES string of the molecule is CC(=O)N[C@@H](C)CO[C@H]1CC[C@H](Oc2ccc3nc(C(C)C)n(C)c3n2)CC1. The maximum absolute atomic E-state index is 11.1. The van der Waals surface area contributed by atoms with Gasteiger partial charge in [0, 0.05) is 32.0 Å². The minimum atomic E-state index is -0.0217. The summed E-state index contributed by atoms with van der Waals surface area (Å²) in [4.78, 5) is 20.4. The van der Waals surface area contributed by atoms with Crippen LogP contribution in [0.5, 0.6) is 5.88 Å². The van der Waals surface area contributed by atoms with Gasteiger partial charge in [-0.05, 0) is 38.7 Å². The Morgan fingerprint density at radius 2 is 1.86 bits per heavy atom. The molecule has 154 valence electrons. The smallest absolute Gasteiger partial charge is 0.217 e. The van der Waals surface area contributed by atoms with Gasteiger partial charge in [0.1, 0.15) is 17.4 Å². The lowest BCUT2D eigenvalue weighted by Crippen LogP contribution is -2.36. The van der Waals surface area contributed by atoms with E-state index in [2.05, 4.69) is 29.1 Å². The quantitative estimate of drug-likeness (QED) is 0.787. The number of carbonyl (C=O) groups is 1. The molecule has 2 heterocycles. The van der Waals surface area contributed by atoms with E-state index in [4.69, 9.17) is 9.47 Å². The predicted octanol–water partition coefficient (Wildman–Crippen LogP) is 3.32. The molecule has 3 rings (SSSR count). The lowest BCUT2D eigenvalue weighted by atomic mass is 9.95. The van der Waals surface area contributed by atoms with Crippen molar-refractivity contribution < 1.29 is 14.3 Å². The molecule has 0 aromatic carbocycles. The first-order valence-corrected chi connectivity index (χ1v) is 10.2. The van der Waals surface area contributed by atoms with Crippen LogP contribution in [0, 0.1) is 0 Å². The van der Waals surface area contributed by atoms with Crippen molar-refractivity contribution in [3.8, 4) is 5.88 Å². The van der Waals surface area contributed by atoms with Crippen LogP contribution >= 0.6 is 0 Å². The number of nitrogens with zero attached hydrogens (tertiary/aromatic N) is 3. The summed E-state index contributed by atoms with van der Waals surface area (Å²) in [5, 5.41) is 2.85. The van der Waals surface area contributed by atoms with Gasteiger partial charge in [0.2, 0.25) is 11.8 Å². The maximum Gasteiger partial charge on any atom is 0.217 e. The number of carbonyl (C=O) groups excluding carboxylic acids is 1. The molecule has 2 aromatic rings. The van der Waals surface area contributed by atoms with Gasteiger partial charge >= 0.3 is 0 Å². The molecule has 1 aliphatic carbocycles. The zero-order valence-electron chi connectivity index (χ0n) is 17.6. The number of aromatic nitrogens is 3. The molecule has 1 fully saturated rings. The largest absolute Gasteiger partial charge is 0.474 e. The summed E-state index contributed by atoms with van der Waals surface area (Å²) in [6, 6.07) is 3.94. The second-order valence-corrected chi connectivity index (χ2v) is 8.13. The molecule has 1 N–H and O–H groups in total. The van der Waals surface area contributed by atoms with Gasteiger partial charge in [0.25, 0.3) is 0 Å². The Balaban J connectivity index is 1.52. The molecular weight excluding hydrogens is 356 g/mol. The summed E-state index contributed by atoms with van der Waals surface area (Å²) in [6.07, 6.45) is 4.21. The van der Waals surface area contributed by atoms with Gasteiger partial charge in [-0.25, -0.2) is 4.98 Å². The van der Waals surface area contributed by atoms with Crippen molar-refractivity contribution in [1.29, 1.82) is 0 Å². The minimum Gasteiger partial charge on any atom is -0.474 e. The van der Waals surface area contributed by atoms with Gasteiger partial charge in [0.05, 0.1) is 12.7 Å². The molecule has 1 amide bonds. The zero-order valence-corrected chi connectivity index (χ0v) is 17.6. The topological polar surface area (TPSA) is 78.3 Å². The van der Waals surface area contributed by atoms with Crippen molar-refractivity contribution in [2.45, 2.75) is 77.5 Å². The molecule has 1 atom stereocenters. The predicted molar refractivity (Wildman–Crippen MR) is 109 cm³/mol. The number of pyridine rings is 1. The molecule has 0 unspecified atom stereocenters. The number of hydrogen-bond donors (Lipinski definition) is 1. The average Bonchev–Trinajstić information content (AvgIpc) is 2.97. The lowest BCUT2D eigenvalue weighted by Gasteiger charge is -2.29. The third-order valence-electron chi connectivity index (χ3n) is 5.18. The third kappa shape index (κ3) is 5.01. The molecule has 1 saturated carbocycles. The van der Waals surface area contributed by atoms with E-state index in [0.29, 0.717) is 18.4 Å². The van der Waals surface area contributed by atoms with Gasteiger partial charge in [0.15, 0.2) is 5.65 Å². The number of nitrogens with one attached hydrogen (secondary N) is 1. The van der Waals surface area contributed by atoms with Crippen molar-refractivity contribution in [1.82, 2.24) is 19.9 Å². The van der Waals surface area contributed by atoms with Crippen LogP contribution in [0.2, 0.25) is 0 Å². The molecule has 0 saturated heterocycles. The monoisotopic (exact) mass is 388 g/mol. The summed E-state index contributed by atoms with van der Waals surface area (Å²) < 4.78 is 14.1. The fourth-order valence-electron chi connectivity index (χ4n) is 3.80. The average molecular weight is 389 g/mol. The molecule has 7 heteroatoms. The van der Waals surface area contributed by atoms with Crippen LogP contribution in [-0.2, 0) is 16.6 Å². The second kappa shape index (κ2) is 8.90. The van der Waals surface area contributed by atoms with Crippen molar-refractivity contribution in [2.24, 2.45) is 7.05 Å². The Bertz CT molecular complexity index is 809. The van der Waals surface area contributed by atoms with Gasteiger partial charge in [-0.2, -0.15) is 4.98 Å². The van der Waals surface area contributed by atoms with Crippen molar-refractivity contribution >= 4 is 17.1 Å². The number of rotatable bonds is 7. The van der Waals surface area contributed by atoms with Crippen LogP contribution in [-0.4, -0.2) is 45.3 Å². The summed E-state index contributed by atoms with van der Waals surface area (Å²) in [7, 11) is 2.01. The van der Waals surface area contributed by atoms with Crippen LogP contribution in [0.3, 0.4) is 0 Å². The number of imidazole rings is 1. The Kier molecular flexibility index (Phi) is 6.54. The first-order valence-electron chi connectivity index (χ1n) is 10.2. The van der Waals surface area contributed by atoms with E-state index in [1.165, 1.54) is 6.92 Å². The molecular formula is C21H32N4O3. The molecule has 0 radical (unpaired) electrons. The maximum atomic E-state index is 11.1. The standard InChI is InChI=1S/C21H32N4O3/c1-13(2)20-23-18-10-11-19(24-21(18)25(20)5)28-17-8-6-16(7-9-17)27-12-14(3)22-15(4)26/h10-11,13-14,16-17H,6-9,12H2,1-5H3,(H,22,26)/t14-,16-,17-/m0/s1. The zero-order chi connectivity index (χ0) is 20.3. The number of hydrogen-bond acceptors (Lipinski definition) is 5. The molecule has 28 heavy (non-hydrogen) atoms. The molecule has 0 spiro atoms. The summed E-state index contributed by atoms with van der Waals surface area (Å²) >= 11 is 0. The summed E-state index contributed by atoms with van der Waals surface area (Å²) in [5.74, 6) is 2.03. The van der Waals surface area contributed by atoms with Crippen LogP contribution in [0.4, 0.5) is 0 Å². The number of amides is 1. The molecule has 2 aromatic heterocycles. The molecule has 0 aliphatic heterocycles. The van der Waals surface area contributed by atoms with Crippen LogP contribution in [0.1, 0.15) is 65.1 Å². The lowest BCUT2D eigenvalue weighted by molar-refractivity contribution is -0.120. The summed E-state index contributed by atoms with van der Waals surface area (Å²) in [5.41, 5.74) is 1.77. The fraction of sp³-hybridized carbons (Fsp3) is 0.667. The number of aryl methyl sites for hydroxylation is 1. The highest BCUT2D eigenvalue weighted by molar-refractivity contribution is 5.73. The van der Waals surface area contributed by atoms with E-state index in [-0.39, 0.29) is 24.2 Å². The van der Waals surface area contributed by atoms with Gasteiger partial charge < -0.3 is 19.4 Å². The van der Waals surface area contributed by atoms with E-state index < -0.39 is 0 Å². The van der Waals surface area contributed by atoms with Crippen molar-refractivity contribution in [2.75, 3.05) is 6.61 Å². The highest BCUT2D eigenvalue weighted by Gasteiger charge is 2.24. The number of ether oxygens (including phenoxy) is 2. The van der Waals surface area contributed by atoms with E-state index in [1.807, 2.05) is 30.7 Å². The minimum absolute atomic E-state index is 0.0217. The molecule has 7 nitrogen and oxygen atoms in total. The highest BCUT2D eigenvalue weighted by atomic mass is 16.5. The van der Waals surface area contributed by atoms with Crippen LogP contribution in [0.25, 0.3) is 11.2 Å². The van der Waals surface area contributed by atoms with E-state index in [0.717, 1.165) is 42.7 Å². The van der Waals surface area contributed by atoms with Crippen LogP contribution in [0.15, 0.2) is 12.1 Å². The van der Waals surface area contributed by atoms with Crippen molar-refractivity contribution in [3.05, 3.63) is 18.0 Å². The van der Waals surface area contributed by atoms with E-state index in [1.54, 1.807) is 0 Å². The van der Waals surface area contributed by atoms with Gasteiger partial charge in [-0.1, -0.05) is 13.8 Å². The fourth-order valence-corrected chi connectivity index (χ4v) is 3.80. The third-order valence-corrected chi connectivity index (χ3v) is 5.18. The normalized spacial score (nSPS) is 21.1. The molecule has 1 aliphatic rings. The van der Waals surface area contributed by atoms with Crippen LogP contribution < -0.4 is 10.1 Å². The number of fused-ring (bicyclic) bond motifs is 1. The first kappa shape index (κ1) is 20.6. The highest BCUT2D eigenvalue weighted by Crippen LogP contribution is 2.27. The van der Waals surface area contributed by atoms with Gasteiger partial charge in [-0.3, -0.25) is 4.79 Å².